The molecule has 8 heteroatoms. The molecule has 1 aliphatic rings. The average molecular weight is 435 g/mol. The number of hydrogen-bond donors (Lipinski definition) is 3. The van der Waals surface area contributed by atoms with Crippen molar-refractivity contribution in [2.24, 2.45) is 0 Å². The van der Waals surface area contributed by atoms with Crippen molar-refractivity contribution >= 4 is 22.7 Å². The third-order valence-electron chi connectivity index (χ3n) is 5.55. The van der Waals surface area contributed by atoms with Crippen molar-refractivity contribution in [1.82, 2.24) is 15.8 Å². The first-order chi connectivity index (χ1) is 15.5. The molecule has 1 aromatic heterocycles. The topological polar surface area (TPSA) is 110 Å². The number of carbonyl (C=O) groups is 2. The molecule has 1 unspecified atom stereocenters. The Morgan fingerprint density at radius 1 is 1.19 bits per heavy atom. The lowest BCUT2D eigenvalue weighted by Crippen LogP contribution is -2.51. The fourth-order valence-electron chi connectivity index (χ4n) is 3.93. The number of hydroxylamine groups is 1. The van der Waals surface area contributed by atoms with Gasteiger partial charge < -0.3 is 14.8 Å². The number of para-hydroxylation sites is 1. The fourth-order valence-corrected chi connectivity index (χ4v) is 3.93. The summed E-state index contributed by atoms with van der Waals surface area (Å²) in [6.07, 6.45) is 0.433. The molecule has 166 valence electrons. The van der Waals surface area contributed by atoms with Crippen LogP contribution in [0, 0.1) is 6.92 Å². The predicted octanol–water partition coefficient (Wildman–Crippen LogP) is 2.91. The summed E-state index contributed by atoms with van der Waals surface area (Å²) >= 11 is 0. The van der Waals surface area contributed by atoms with Crippen LogP contribution < -0.4 is 15.5 Å². The van der Waals surface area contributed by atoms with Crippen molar-refractivity contribution in [2.45, 2.75) is 31.9 Å². The van der Waals surface area contributed by atoms with Gasteiger partial charge in [0.15, 0.2) is 0 Å². The van der Waals surface area contributed by atoms with E-state index in [9.17, 15) is 9.59 Å². The van der Waals surface area contributed by atoms with Gasteiger partial charge in [0.25, 0.3) is 5.91 Å². The van der Waals surface area contributed by atoms with Crippen LogP contribution in [0.25, 0.3) is 10.9 Å². The third kappa shape index (κ3) is 4.87. The first-order valence-corrected chi connectivity index (χ1v) is 10.4. The number of carbonyl (C=O) groups excluding carboxylic acids is 2. The van der Waals surface area contributed by atoms with E-state index in [1.165, 1.54) is 0 Å². The zero-order valence-electron chi connectivity index (χ0n) is 17.8. The molecule has 1 fully saturated rings. The van der Waals surface area contributed by atoms with Crippen molar-refractivity contribution < 1.29 is 24.3 Å². The molecule has 0 radical (unpaired) electrons. The number of fused-ring (bicyclic) bond motifs is 1. The van der Waals surface area contributed by atoms with E-state index in [0.717, 1.165) is 22.2 Å². The maximum atomic E-state index is 12.7. The number of ether oxygens (including phenoxy) is 2. The summed E-state index contributed by atoms with van der Waals surface area (Å²) in [5, 5.41) is 12.8. The number of amides is 2. The lowest BCUT2D eigenvalue weighted by Gasteiger charge is -2.27. The first kappa shape index (κ1) is 21.7. The Morgan fingerprint density at radius 2 is 1.97 bits per heavy atom. The summed E-state index contributed by atoms with van der Waals surface area (Å²) in [5.74, 6) is -0.249. The predicted molar refractivity (Wildman–Crippen MR) is 117 cm³/mol. The molecule has 2 heterocycles. The van der Waals surface area contributed by atoms with Gasteiger partial charge in [0.1, 0.15) is 12.4 Å². The van der Waals surface area contributed by atoms with Gasteiger partial charge in [-0.25, -0.2) is 5.48 Å². The average Bonchev–Trinajstić information content (AvgIpc) is 3.25. The summed E-state index contributed by atoms with van der Waals surface area (Å²) in [7, 11) is 0. The number of benzene rings is 2. The van der Waals surface area contributed by atoms with Crippen molar-refractivity contribution in [1.29, 1.82) is 0 Å². The molecule has 1 atom stereocenters. The van der Waals surface area contributed by atoms with Crippen molar-refractivity contribution in [2.75, 3.05) is 13.2 Å². The highest BCUT2D eigenvalue weighted by molar-refractivity contribution is 5.95. The Bertz CT molecular complexity index is 1120. The number of nitrogens with zero attached hydrogens (tertiary/aromatic N) is 1. The zero-order valence-corrected chi connectivity index (χ0v) is 17.8. The van der Waals surface area contributed by atoms with Gasteiger partial charge >= 0.3 is 0 Å². The van der Waals surface area contributed by atoms with Crippen molar-refractivity contribution in [3.63, 3.8) is 0 Å². The Hall–Kier alpha value is -3.49. The monoisotopic (exact) mass is 435 g/mol. The summed E-state index contributed by atoms with van der Waals surface area (Å²) in [4.78, 5) is 28.9. The molecule has 1 aliphatic heterocycles. The normalized spacial score (nSPS) is 17.8. The summed E-state index contributed by atoms with van der Waals surface area (Å²) in [6, 6.07) is 16.8. The SMILES string of the molecule is Cc1cc(COc2ccc(C(=O)NC3(CC(=O)NO)CCOC3)cc2)c2ccccc2n1. The molecule has 0 saturated carbocycles. The van der Waals surface area contributed by atoms with Gasteiger partial charge in [0, 0.05) is 28.8 Å². The van der Waals surface area contributed by atoms with Crippen LogP contribution in [0.2, 0.25) is 0 Å². The number of hydrogen-bond acceptors (Lipinski definition) is 6. The van der Waals surface area contributed by atoms with Gasteiger partial charge in [-0.2, -0.15) is 0 Å². The highest BCUT2D eigenvalue weighted by atomic mass is 16.5. The number of rotatable bonds is 7. The molecule has 3 aromatic rings. The van der Waals surface area contributed by atoms with E-state index in [1.807, 2.05) is 37.3 Å². The molecule has 2 aromatic carbocycles. The molecule has 0 bridgehead atoms. The summed E-state index contributed by atoms with van der Waals surface area (Å²) in [5.41, 5.74) is 4.12. The van der Waals surface area contributed by atoms with Gasteiger partial charge in [-0.05, 0) is 49.7 Å². The second-order valence-corrected chi connectivity index (χ2v) is 8.00. The molecule has 4 rings (SSSR count). The second-order valence-electron chi connectivity index (χ2n) is 8.00. The molecule has 2 amide bonds. The maximum Gasteiger partial charge on any atom is 0.251 e. The van der Waals surface area contributed by atoms with E-state index in [0.29, 0.717) is 30.9 Å². The van der Waals surface area contributed by atoms with Gasteiger partial charge in [-0.1, -0.05) is 18.2 Å². The molecule has 8 nitrogen and oxygen atoms in total. The second kappa shape index (κ2) is 9.33. The maximum absolute atomic E-state index is 12.7. The molecular weight excluding hydrogens is 410 g/mol. The minimum absolute atomic E-state index is 0.0598. The van der Waals surface area contributed by atoms with Crippen molar-refractivity contribution in [3.8, 4) is 5.75 Å². The zero-order chi connectivity index (χ0) is 22.6. The van der Waals surface area contributed by atoms with Crippen LogP contribution in [0.15, 0.2) is 54.6 Å². The van der Waals surface area contributed by atoms with Gasteiger partial charge in [0.2, 0.25) is 5.91 Å². The van der Waals surface area contributed by atoms with Gasteiger partial charge in [-0.15, -0.1) is 0 Å². The smallest absolute Gasteiger partial charge is 0.251 e. The van der Waals surface area contributed by atoms with Crippen molar-refractivity contribution in [3.05, 3.63) is 71.4 Å². The lowest BCUT2D eigenvalue weighted by atomic mass is 9.93. The highest BCUT2D eigenvalue weighted by Gasteiger charge is 2.38. The Labute approximate surface area is 185 Å². The van der Waals surface area contributed by atoms with E-state index in [1.54, 1.807) is 29.7 Å². The van der Waals surface area contributed by atoms with Gasteiger partial charge in [-0.3, -0.25) is 19.8 Å². The number of nitrogens with one attached hydrogen (secondary N) is 2. The first-order valence-electron chi connectivity index (χ1n) is 10.4. The quantitative estimate of drug-likeness (QED) is 0.389. The van der Waals surface area contributed by atoms with Crippen LogP contribution in [0.3, 0.4) is 0 Å². The van der Waals surface area contributed by atoms with E-state index in [2.05, 4.69) is 10.3 Å². The largest absolute Gasteiger partial charge is 0.489 e. The molecule has 0 spiro atoms. The minimum atomic E-state index is -0.834. The number of aryl methyl sites for hydroxylation is 1. The van der Waals surface area contributed by atoms with Crippen LogP contribution in [0.4, 0.5) is 0 Å². The van der Waals surface area contributed by atoms with E-state index in [4.69, 9.17) is 14.7 Å². The number of aromatic nitrogens is 1. The third-order valence-corrected chi connectivity index (χ3v) is 5.55. The molecule has 32 heavy (non-hydrogen) atoms. The Kier molecular flexibility index (Phi) is 6.34. The van der Waals surface area contributed by atoms with Gasteiger partial charge in [0.05, 0.1) is 24.1 Å². The lowest BCUT2D eigenvalue weighted by molar-refractivity contribution is -0.130. The Morgan fingerprint density at radius 3 is 2.69 bits per heavy atom. The van der Waals surface area contributed by atoms with E-state index >= 15 is 0 Å². The highest BCUT2D eigenvalue weighted by Crippen LogP contribution is 2.24. The van der Waals surface area contributed by atoms with E-state index < -0.39 is 11.4 Å². The van der Waals surface area contributed by atoms with Crippen LogP contribution in [0.5, 0.6) is 5.75 Å². The Balaban J connectivity index is 1.42. The summed E-state index contributed by atoms with van der Waals surface area (Å²) in [6.45, 7) is 2.99. The standard InChI is InChI=1S/C24H25N3O5/c1-16-12-18(20-4-2-3-5-21(20)25-16)14-32-19-8-6-17(7-9-19)23(29)26-24(10-11-31-15-24)13-22(28)27-30/h2-9,12,30H,10-11,13-15H2,1H3,(H,26,29)(H,27,28). The van der Waals surface area contributed by atoms with E-state index in [-0.39, 0.29) is 18.9 Å². The molecule has 1 saturated heterocycles. The van der Waals surface area contributed by atoms with Crippen LogP contribution in [-0.4, -0.2) is 40.8 Å². The van der Waals surface area contributed by atoms with Crippen LogP contribution in [0.1, 0.15) is 34.5 Å². The number of pyridine rings is 1. The van der Waals surface area contributed by atoms with Crippen LogP contribution in [-0.2, 0) is 16.1 Å². The summed E-state index contributed by atoms with van der Waals surface area (Å²) < 4.78 is 11.3. The fraction of sp³-hybridized carbons (Fsp3) is 0.292. The molecule has 3 N–H and O–H groups in total. The molecular formula is C24H25N3O5. The molecule has 0 aliphatic carbocycles. The minimum Gasteiger partial charge on any atom is -0.489 e. The van der Waals surface area contributed by atoms with Crippen LogP contribution >= 0.6 is 0 Å².